The third kappa shape index (κ3) is 2.80. The number of rotatable bonds is 4. The molecular weight excluding hydrogens is 199 g/mol. The molecule has 2 fully saturated rings. The van der Waals surface area contributed by atoms with E-state index in [4.69, 9.17) is 4.74 Å². The second-order valence-electron chi connectivity index (χ2n) is 5.78. The van der Waals surface area contributed by atoms with E-state index < -0.39 is 0 Å². The topological polar surface area (TPSA) is 26.3 Å². The summed E-state index contributed by atoms with van der Waals surface area (Å²) in [5.41, 5.74) is 0. The van der Waals surface area contributed by atoms with Gasteiger partial charge in [0.2, 0.25) is 0 Å². The van der Waals surface area contributed by atoms with Gasteiger partial charge in [0, 0.05) is 6.42 Å². The van der Waals surface area contributed by atoms with Crippen molar-refractivity contribution in [3.8, 4) is 0 Å². The molecule has 2 bridgehead atoms. The molecule has 0 unspecified atom stereocenters. The Balaban J connectivity index is 1.80. The van der Waals surface area contributed by atoms with Gasteiger partial charge in [-0.2, -0.15) is 0 Å². The van der Waals surface area contributed by atoms with Crippen molar-refractivity contribution in [3.05, 3.63) is 0 Å². The summed E-state index contributed by atoms with van der Waals surface area (Å²) in [6.07, 6.45) is 11.5. The van der Waals surface area contributed by atoms with Crippen molar-refractivity contribution < 1.29 is 9.53 Å². The Labute approximate surface area is 99.4 Å². The number of carbonyl (C=O) groups excluding carboxylic acids is 1. The second-order valence-corrected chi connectivity index (χ2v) is 5.78. The maximum absolute atomic E-state index is 11.1. The van der Waals surface area contributed by atoms with Crippen molar-refractivity contribution in [2.45, 2.75) is 68.9 Å². The van der Waals surface area contributed by atoms with Crippen LogP contribution in [0.1, 0.15) is 57.8 Å². The molecule has 0 spiro atoms. The van der Waals surface area contributed by atoms with E-state index >= 15 is 0 Å². The number of fused-ring (bicyclic) bond motifs is 2. The standard InChI is InChI=1S/C13H23BO2/c1-16-12(15)7-4-10-13-8-2-5-11(14-13)6-3-9-13/h11,14H,2-10H2,1H3. The van der Waals surface area contributed by atoms with Gasteiger partial charge in [-0.1, -0.05) is 56.1 Å². The molecule has 0 aliphatic carbocycles. The van der Waals surface area contributed by atoms with Crippen molar-refractivity contribution in [2.75, 3.05) is 7.11 Å². The average Bonchev–Trinajstić information content (AvgIpc) is 2.29. The van der Waals surface area contributed by atoms with Gasteiger partial charge in [0.25, 0.3) is 0 Å². The third-order valence-electron chi connectivity index (χ3n) is 4.68. The highest BCUT2D eigenvalue weighted by Gasteiger charge is 2.39. The number of carbonyl (C=O) groups is 1. The summed E-state index contributed by atoms with van der Waals surface area (Å²) in [4.78, 5) is 11.1. The lowest BCUT2D eigenvalue weighted by molar-refractivity contribution is -0.140. The molecule has 0 aromatic heterocycles. The Kier molecular flexibility index (Phi) is 3.93. The fraction of sp³-hybridized carbons (Fsp3) is 0.923. The maximum Gasteiger partial charge on any atom is 0.305 e. The predicted molar refractivity (Wildman–Crippen MR) is 67.2 cm³/mol. The number of hydrogen-bond donors (Lipinski definition) is 0. The maximum atomic E-state index is 11.1. The highest BCUT2D eigenvalue weighted by molar-refractivity contribution is 6.42. The van der Waals surface area contributed by atoms with E-state index in [-0.39, 0.29) is 5.97 Å². The van der Waals surface area contributed by atoms with E-state index in [1.807, 2.05) is 0 Å². The molecule has 0 N–H and O–H groups in total. The quantitative estimate of drug-likeness (QED) is 0.539. The van der Waals surface area contributed by atoms with Gasteiger partial charge in [-0.3, -0.25) is 4.79 Å². The van der Waals surface area contributed by atoms with E-state index in [1.54, 1.807) is 0 Å². The normalized spacial score (nSPS) is 32.9. The van der Waals surface area contributed by atoms with Gasteiger partial charge in [0.15, 0.2) is 0 Å². The monoisotopic (exact) mass is 222 g/mol. The molecule has 0 atom stereocenters. The number of hydrogen-bond acceptors (Lipinski definition) is 2. The molecule has 2 nitrogen and oxygen atoms in total. The van der Waals surface area contributed by atoms with Gasteiger partial charge in [0.1, 0.15) is 7.28 Å². The number of methoxy groups -OCH3 is 1. The summed E-state index contributed by atoms with van der Waals surface area (Å²) in [6.45, 7) is 0. The first-order chi connectivity index (χ1) is 7.74. The lowest BCUT2D eigenvalue weighted by Crippen LogP contribution is -2.32. The Morgan fingerprint density at radius 2 is 2.06 bits per heavy atom. The summed E-state index contributed by atoms with van der Waals surface area (Å²) >= 11 is 0. The van der Waals surface area contributed by atoms with Crippen LogP contribution in [0.4, 0.5) is 0 Å². The Bertz CT molecular complexity index is 242. The van der Waals surface area contributed by atoms with Gasteiger partial charge in [0.05, 0.1) is 7.11 Å². The van der Waals surface area contributed by atoms with Gasteiger partial charge >= 0.3 is 5.97 Å². The average molecular weight is 222 g/mol. The third-order valence-corrected chi connectivity index (χ3v) is 4.68. The van der Waals surface area contributed by atoms with Crippen LogP contribution < -0.4 is 0 Å². The lowest BCUT2D eigenvalue weighted by Gasteiger charge is -2.44. The molecule has 2 saturated heterocycles. The van der Waals surface area contributed by atoms with Gasteiger partial charge in [-0.15, -0.1) is 0 Å². The number of ether oxygens (including phenoxy) is 1. The molecular formula is C13H23BO2. The van der Waals surface area contributed by atoms with E-state index in [2.05, 4.69) is 0 Å². The van der Waals surface area contributed by atoms with Crippen LogP contribution in [0.15, 0.2) is 0 Å². The summed E-state index contributed by atoms with van der Waals surface area (Å²) in [6, 6.07) is 0. The first-order valence-electron chi connectivity index (χ1n) is 6.81. The minimum absolute atomic E-state index is 0.0421. The predicted octanol–water partition coefficient (Wildman–Crippen LogP) is 3.08. The minimum Gasteiger partial charge on any atom is -0.469 e. The first-order valence-corrected chi connectivity index (χ1v) is 6.81. The summed E-state index contributed by atoms with van der Waals surface area (Å²) in [5, 5.41) is 0.606. The van der Waals surface area contributed by atoms with Gasteiger partial charge in [-0.05, 0) is 6.42 Å². The Hall–Kier alpha value is -0.465. The Morgan fingerprint density at radius 1 is 1.38 bits per heavy atom. The lowest BCUT2D eigenvalue weighted by atomic mass is 9.35. The van der Waals surface area contributed by atoms with Crippen molar-refractivity contribution in [1.29, 1.82) is 0 Å². The zero-order chi connectivity index (χ0) is 11.4. The van der Waals surface area contributed by atoms with Crippen molar-refractivity contribution in [3.63, 3.8) is 0 Å². The fourth-order valence-corrected chi connectivity index (χ4v) is 3.88. The summed E-state index contributed by atoms with van der Waals surface area (Å²) in [7, 11) is 2.92. The smallest absolute Gasteiger partial charge is 0.305 e. The van der Waals surface area contributed by atoms with E-state index in [1.165, 1.54) is 59.3 Å². The molecule has 2 aliphatic rings. The summed E-state index contributed by atoms with van der Waals surface area (Å²) in [5.74, 6) is 0.959. The van der Waals surface area contributed by atoms with Crippen LogP contribution in [0.2, 0.25) is 11.1 Å². The highest BCUT2D eigenvalue weighted by Crippen LogP contribution is 2.54. The molecule has 2 heterocycles. The van der Waals surface area contributed by atoms with E-state index in [9.17, 15) is 4.79 Å². The van der Waals surface area contributed by atoms with Crippen molar-refractivity contribution in [2.24, 2.45) is 0 Å². The molecule has 0 radical (unpaired) electrons. The molecule has 2 aliphatic heterocycles. The first kappa shape index (κ1) is 12.0. The number of esters is 1. The van der Waals surface area contributed by atoms with Crippen molar-refractivity contribution >= 4 is 13.2 Å². The molecule has 0 aromatic rings. The molecule has 2 rings (SSSR count). The van der Waals surface area contributed by atoms with Crippen LogP contribution in [-0.4, -0.2) is 20.4 Å². The summed E-state index contributed by atoms with van der Waals surface area (Å²) < 4.78 is 4.70. The molecule has 90 valence electrons. The largest absolute Gasteiger partial charge is 0.469 e. The molecule has 0 saturated carbocycles. The van der Waals surface area contributed by atoms with Crippen LogP contribution >= 0.6 is 0 Å². The SMILES string of the molecule is COC(=O)CCCC12BC(CCC1)CCC2. The van der Waals surface area contributed by atoms with Crippen LogP contribution in [-0.2, 0) is 9.53 Å². The van der Waals surface area contributed by atoms with Crippen LogP contribution in [0.5, 0.6) is 0 Å². The van der Waals surface area contributed by atoms with Crippen LogP contribution in [0.25, 0.3) is 0 Å². The van der Waals surface area contributed by atoms with Crippen LogP contribution in [0, 0.1) is 0 Å². The fourth-order valence-electron chi connectivity index (χ4n) is 3.88. The minimum atomic E-state index is -0.0421. The molecule has 0 amide bonds. The zero-order valence-electron chi connectivity index (χ0n) is 10.5. The Morgan fingerprint density at radius 3 is 2.69 bits per heavy atom. The molecule has 3 heteroatoms. The second kappa shape index (κ2) is 5.24. The van der Waals surface area contributed by atoms with Crippen LogP contribution in [0.3, 0.4) is 0 Å². The van der Waals surface area contributed by atoms with E-state index in [0.717, 1.165) is 12.2 Å². The molecule has 16 heavy (non-hydrogen) atoms. The highest BCUT2D eigenvalue weighted by atomic mass is 16.5. The van der Waals surface area contributed by atoms with E-state index in [0.29, 0.717) is 11.7 Å². The van der Waals surface area contributed by atoms with Gasteiger partial charge in [-0.25, -0.2) is 0 Å². The molecule has 0 aromatic carbocycles. The zero-order valence-corrected chi connectivity index (χ0v) is 10.5. The van der Waals surface area contributed by atoms with Crippen molar-refractivity contribution in [1.82, 2.24) is 0 Å². The van der Waals surface area contributed by atoms with Gasteiger partial charge < -0.3 is 4.74 Å².